The third-order valence-corrected chi connectivity index (χ3v) is 2.13. The molecule has 0 aliphatic rings. The summed E-state index contributed by atoms with van der Waals surface area (Å²) in [6, 6.07) is 3.07. The number of aromatic carboxylic acids is 1. The van der Waals surface area contributed by atoms with Crippen molar-refractivity contribution in [2.24, 2.45) is 5.92 Å². The Bertz CT molecular complexity index is 399. The predicted octanol–water partition coefficient (Wildman–Crippen LogP) is 1.44. The molecule has 0 aliphatic heterocycles. The fraction of sp³-hybridized carbons (Fsp3) is 0.417. The summed E-state index contributed by atoms with van der Waals surface area (Å²) in [7, 11) is 0. The summed E-state index contributed by atoms with van der Waals surface area (Å²) < 4.78 is 0. The average molecular weight is 236 g/mol. The molecular formula is C12H16N2O3. The summed E-state index contributed by atoms with van der Waals surface area (Å²) in [4.78, 5) is 25.7. The third-order valence-electron chi connectivity index (χ3n) is 2.13. The number of amides is 1. The molecule has 0 aromatic carbocycles. The molecule has 0 fully saturated rings. The van der Waals surface area contributed by atoms with E-state index < -0.39 is 5.97 Å². The van der Waals surface area contributed by atoms with Crippen LogP contribution in [0.4, 0.5) is 0 Å². The number of carbonyl (C=O) groups excluding carboxylic acids is 1. The molecule has 92 valence electrons. The number of nitrogens with zero attached hydrogens (tertiary/aromatic N) is 1. The normalized spacial score (nSPS) is 10.3. The van der Waals surface area contributed by atoms with E-state index in [0.29, 0.717) is 18.9 Å². The maximum Gasteiger partial charge on any atom is 0.354 e. The van der Waals surface area contributed by atoms with E-state index in [1.807, 2.05) is 13.8 Å². The molecule has 1 amide bonds. The van der Waals surface area contributed by atoms with Crippen LogP contribution in [-0.4, -0.2) is 22.0 Å². The maximum absolute atomic E-state index is 11.4. The minimum Gasteiger partial charge on any atom is -0.477 e. The smallest absolute Gasteiger partial charge is 0.354 e. The second-order valence-corrected chi connectivity index (χ2v) is 4.23. The van der Waals surface area contributed by atoms with Gasteiger partial charge in [-0.05, 0) is 17.5 Å². The van der Waals surface area contributed by atoms with Crippen LogP contribution in [0.25, 0.3) is 0 Å². The van der Waals surface area contributed by atoms with Crippen LogP contribution in [0.15, 0.2) is 18.3 Å². The Balaban J connectivity index is 2.47. The van der Waals surface area contributed by atoms with Gasteiger partial charge in [0.15, 0.2) is 0 Å². The quantitative estimate of drug-likeness (QED) is 0.810. The average Bonchev–Trinajstić information content (AvgIpc) is 2.26. The summed E-state index contributed by atoms with van der Waals surface area (Å²) in [5.74, 6) is -0.745. The molecule has 0 saturated carbocycles. The summed E-state index contributed by atoms with van der Waals surface area (Å²) in [6.45, 7) is 4.32. The zero-order valence-corrected chi connectivity index (χ0v) is 9.93. The van der Waals surface area contributed by atoms with Gasteiger partial charge in [0.2, 0.25) is 5.91 Å². The van der Waals surface area contributed by atoms with Gasteiger partial charge in [-0.1, -0.05) is 19.9 Å². The third kappa shape index (κ3) is 4.63. The van der Waals surface area contributed by atoms with Crippen molar-refractivity contribution in [1.82, 2.24) is 10.3 Å². The molecule has 0 saturated heterocycles. The molecule has 2 N–H and O–H groups in total. The molecule has 0 atom stereocenters. The number of hydrogen-bond acceptors (Lipinski definition) is 3. The Hall–Kier alpha value is -1.91. The highest BCUT2D eigenvalue weighted by Crippen LogP contribution is 2.02. The minimum absolute atomic E-state index is 0.00209. The van der Waals surface area contributed by atoms with Crippen molar-refractivity contribution in [3.05, 3.63) is 29.6 Å². The lowest BCUT2D eigenvalue weighted by Crippen LogP contribution is -2.24. The molecule has 5 heteroatoms. The Kier molecular flexibility index (Phi) is 4.63. The van der Waals surface area contributed by atoms with E-state index in [0.717, 1.165) is 5.56 Å². The van der Waals surface area contributed by atoms with Gasteiger partial charge in [-0.3, -0.25) is 4.79 Å². The lowest BCUT2D eigenvalue weighted by molar-refractivity contribution is -0.121. The molecule has 0 spiro atoms. The Morgan fingerprint density at radius 2 is 2.12 bits per heavy atom. The fourth-order valence-electron chi connectivity index (χ4n) is 1.30. The van der Waals surface area contributed by atoms with Crippen LogP contribution in [-0.2, 0) is 11.3 Å². The Labute approximate surface area is 99.9 Å². The Morgan fingerprint density at radius 1 is 1.41 bits per heavy atom. The molecule has 0 radical (unpaired) electrons. The molecular weight excluding hydrogens is 220 g/mol. The van der Waals surface area contributed by atoms with Crippen molar-refractivity contribution in [1.29, 1.82) is 0 Å². The van der Waals surface area contributed by atoms with Crippen molar-refractivity contribution < 1.29 is 14.7 Å². The van der Waals surface area contributed by atoms with Crippen molar-refractivity contribution >= 4 is 11.9 Å². The van der Waals surface area contributed by atoms with E-state index in [4.69, 9.17) is 5.11 Å². The van der Waals surface area contributed by atoms with Gasteiger partial charge in [0.1, 0.15) is 5.69 Å². The number of rotatable bonds is 5. The van der Waals surface area contributed by atoms with Gasteiger partial charge in [-0.15, -0.1) is 0 Å². The summed E-state index contributed by atoms with van der Waals surface area (Å²) >= 11 is 0. The fourth-order valence-corrected chi connectivity index (χ4v) is 1.30. The molecule has 0 aliphatic carbocycles. The molecule has 1 rings (SSSR count). The van der Waals surface area contributed by atoms with Crippen molar-refractivity contribution in [2.45, 2.75) is 26.8 Å². The lowest BCUT2D eigenvalue weighted by atomic mass is 10.1. The van der Waals surface area contributed by atoms with E-state index >= 15 is 0 Å². The minimum atomic E-state index is -1.06. The predicted molar refractivity (Wildman–Crippen MR) is 62.5 cm³/mol. The second kappa shape index (κ2) is 5.98. The number of carboxylic acids is 1. The second-order valence-electron chi connectivity index (χ2n) is 4.23. The first-order chi connectivity index (χ1) is 7.99. The lowest BCUT2D eigenvalue weighted by Gasteiger charge is -2.07. The molecule has 5 nitrogen and oxygen atoms in total. The van der Waals surface area contributed by atoms with Crippen LogP contribution in [0, 0.1) is 5.92 Å². The number of pyridine rings is 1. The van der Waals surface area contributed by atoms with E-state index in [9.17, 15) is 9.59 Å². The van der Waals surface area contributed by atoms with Gasteiger partial charge in [-0.2, -0.15) is 0 Å². The molecule has 0 unspecified atom stereocenters. The van der Waals surface area contributed by atoms with E-state index in [-0.39, 0.29) is 11.6 Å². The number of nitrogens with one attached hydrogen (secondary N) is 1. The van der Waals surface area contributed by atoms with Crippen LogP contribution in [0.1, 0.15) is 36.3 Å². The van der Waals surface area contributed by atoms with Gasteiger partial charge in [-0.25, -0.2) is 9.78 Å². The Morgan fingerprint density at radius 3 is 2.59 bits per heavy atom. The number of carboxylic acid groups (broad SMARTS) is 1. The molecule has 1 aromatic heterocycles. The zero-order chi connectivity index (χ0) is 12.8. The summed E-state index contributed by atoms with van der Waals surface area (Å²) in [6.07, 6.45) is 1.94. The number of aromatic nitrogens is 1. The first-order valence-electron chi connectivity index (χ1n) is 5.44. The molecule has 1 heterocycles. The maximum atomic E-state index is 11.4. The van der Waals surface area contributed by atoms with Crippen LogP contribution in [0.5, 0.6) is 0 Å². The van der Waals surface area contributed by atoms with Gasteiger partial charge >= 0.3 is 5.97 Å². The highest BCUT2D eigenvalue weighted by atomic mass is 16.4. The highest BCUT2D eigenvalue weighted by Gasteiger charge is 2.06. The monoisotopic (exact) mass is 236 g/mol. The highest BCUT2D eigenvalue weighted by molar-refractivity contribution is 5.85. The van der Waals surface area contributed by atoms with Crippen molar-refractivity contribution in [3.63, 3.8) is 0 Å². The van der Waals surface area contributed by atoms with Gasteiger partial charge in [0, 0.05) is 19.2 Å². The molecule has 1 aromatic rings. The summed E-state index contributed by atoms with van der Waals surface area (Å²) in [5, 5.41) is 11.4. The van der Waals surface area contributed by atoms with Gasteiger partial charge in [0.25, 0.3) is 0 Å². The zero-order valence-electron chi connectivity index (χ0n) is 9.93. The summed E-state index contributed by atoms with van der Waals surface area (Å²) in [5.41, 5.74) is 0.786. The van der Waals surface area contributed by atoms with Crippen molar-refractivity contribution in [3.8, 4) is 0 Å². The number of carbonyl (C=O) groups is 2. The van der Waals surface area contributed by atoms with E-state index in [2.05, 4.69) is 10.3 Å². The first kappa shape index (κ1) is 13.2. The largest absolute Gasteiger partial charge is 0.477 e. The SMILES string of the molecule is CC(C)CC(=O)NCc1ccc(C(=O)O)nc1. The number of hydrogen-bond donors (Lipinski definition) is 2. The molecule has 17 heavy (non-hydrogen) atoms. The van der Waals surface area contributed by atoms with E-state index in [1.165, 1.54) is 12.3 Å². The van der Waals surface area contributed by atoms with Crippen molar-refractivity contribution in [2.75, 3.05) is 0 Å². The standard InChI is InChI=1S/C12H16N2O3/c1-8(2)5-11(15)14-7-9-3-4-10(12(16)17)13-6-9/h3-4,6,8H,5,7H2,1-2H3,(H,14,15)(H,16,17). The first-order valence-corrected chi connectivity index (χ1v) is 5.44. The van der Waals surface area contributed by atoms with E-state index in [1.54, 1.807) is 6.07 Å². The van der Waals surface area contributed by atoms with Gasteiger partial charge < -0.3 is 10.4 Å². The topological polar surface area (TPSA) is 79.3 Å². The van der Waals surface area contributed by atoms with Crippen LogP contribution < -0.4 is 5.32 Å². The van der Waals surface area contributed by atoms with Crippen LogP contribution in [0.3, 0.4) is 0 Å². The van der Waals surface area contributed by atoms with Crippen LogP contribution >= 0.6 is 0 Å². The van der Waals surface area contributed by atoms with Crippen LogP contribution in [0.2, 0.25) is 0 Å². The molecule has 0 bridgehead atoms. The van der Waals surface area contributed by atoms with Gasteiger partial charge in [0.05, 0.1) is 0 Å².